The first-order valence-corrected chi connectivity index (χ1v) is 6.22. The van der Waals surface area contributed by atoms with E-state index in [1.807, 2.05) is 0 Å². The van der Waals surface area contributed by atoms with Gasteiger partial charge in [-0.3, -0.25) is 14.9 Å². The lowest BCUT2D eigenvalue weighted by molar-refractivity contribution is -0.384. The number of aryl methyl sites for hydroxylation is 1. The van der Waals surface area contributed by atoms with E-state index in [0.29, 0.717) is 24.1 Å². The van der Waals surface area contributed by atoms with Crippen LogP contribution in [-0.4, -0.2) is 22.0 Å². The van der Waals surface area contributed by atoms with Crippen molar-refractivity contribution in [2.24, 2.45) is 5.92 Å². The number of nitro benzene ring substituents is 1. The standard InChI is InChI=1S/C13H16N2O4/c1-8-3-2-4-11(12(8)15(18)19)14-10-6-5-9(7-10)13(16)17/h2-4,9-10,14H,5-7H2,1H3,(H,16,17). The third-order valence-corrected chi connectivity index (χ3v) is 3.56. The van der Waals surface area contributed by atoms with Crippen molar-refractivity contribution in [3.05, 3.63) is 33.9 Å². The molecule has 0 amide bonds. The zero-order chi connectivity index (χ0) is 14.0. The number of hydrogen-bond donors (Lipinski definition) is 2. The molecule has 0 aromatic heterocycles. The van der Waals surface area contributed by atoms with Gasteiger partial charge in [0.25, 0.3) is 5.69 Å². The molecule has 102 valence electrons. The predicted molar refractivity (Wildman–Crippen MR) is 70.2 cm³/mol. The second-order valence-electron chi connectivity index (χ2n) is 4.92. The molecule has 0 aliphatic heterocycles. The molecule has 1 aliphatic carbocycles. The lowest BCUT2D eigenvalue weighted by atomic mass is 10.1. The van der Waals surface area contributed by atoms with Crippen molar-refractivity contribution < 1.29 is 14.8 Å². The Kier molecular flexibility index (Phi) is 3.69. The van der Waals surface area contributed by atoms with Gasteiger partial charge in [0.1, 0.15) is 5.69 Å². The molecule has 1 fully saturated rings. The summed E-state index contributed by atoms with van der Waals surface area (Å²) in [5.74, 6) is -1.13. The van der Waals surface area contributed by atoms with Crippen LogP contribution >= 0.6 is 0 Å². The van der Waals surface area contributed by atoms with E-state index in [0.717, 1.165) is 6.42 Å². The van der Waals surface area contributed by atoms with E-state index in [9.17, 15) is 14.9 Å². The highest BCUT2D eigenvalue weighted by atomic mass is 16.6. The van der Waals surface area contributed by atoms with E-state index in [4.69, 9.17) is 5.11 Å². The Balaban J connectivity index is 2.14. The quantitative estimate of drug-likeness (QED) is 0.644. The van der Waals surface area contributed by atoms with Gasteiger partial charge < -0.3 is 10.4 Å². The number of aliphatic carboxylic acids is 1. The average molecular weight is 264 g/mol. The van der Waals surface area contributed by atoms with Gasteiger partial charge in [0.05, 0.1) is 10.8 Å². The average Bonchev–Trinajstić information content (AvgIpc) is 2.77. The molecule has 0 saturated heterocycles. The highest BCUT2D eigenvalue weighted by molar-refractivity contribution is 5.71. The van der Waals surface area contributed by atoms with Gasteiger partial charge in [-0.05, 0) is 32.3 Å². The van der Waals surface area contributed by atoms with E-state index >= 15 is 0 Å². The lowest BCUT2D eigenvalue weighted by Gasteiger charge is -2.14. The van der Waals surface area contributed by atoms with Crippen LogP contribution in [0.4, 0.5) is 11.4 Å². The summed E-state index contributed by atoms with van der Waals surface area (Å²) >= 11 is 0. The SMILES string of the molecule is Cc1cccc(NC2CCC(C(=O)O)C2)c1[N+](=O)[O-]. The number of para-hydroxylation sites is 1. The maximum atomic E-state index is 11.1. The summed E-state index contributed by atoms with van der Waals surface area (Å²) in [5, 5.41) is 23.1. The van der Waals surface area contributed by atoms with E-state index in [1.54, 1.807) is 25.1 Å². The van der Waals surface area contributed by atoms with Crippen LogP contribution in [0.3, 0.4) is 0 Å². The summed E-state index contributed by atoms with van der Waals surface area (Å²) in [4.78, 5) is 21.6. The van der Waals surface area contributed by atoms with Gasteiger partial charge in [-0.1, -0.05) is 12.1 Å². The van der Waals surface area contributed by atoms with Crippen molar-refractivity contribution >= 4 is 17.3 Å². The van der Waals surface area contributed by atoms with Gasteiger partial charge >= 0.3 is 5.97 Å². The number of nitrogens with zero attached hydrogens (tertiary/aromatic N) is 1. The topological polar surface area (TPSA) is 92.5 Å². The Morgan fingerprint density at radius 1 is 1.47 bits per heavy atom. The first-order valence-electron chi connectivity index (χ1n) is 6.22. The van der Waals surface area contributed by atoms with Crippen molar-refractivity contribution in [3.8, 4) is 0 Å². The van der Waals surface area contributed by atoms with E-state index in [-0.39, 0.29) is 17.6 Å². The van der Waals surface area contributed by atoms with Crippen LogP contribution < -0.4 is 5.32 Å². The minimum absolute atomic E-state index is 0.0124. The third-order valence-electron chi connectivity index (χ3n) is 3.56. The van der Waals surface area contributed by atoms with Crippen LogP contribution in [0, 0.1) is 23.0 Å². The molecule has 0 heterocycles. The molecular formula is C13H16N2O4. The molecule has 2 atom stereocenters. The zero-order valence-electron chi connectivity index (χ0n) is 10.6. The van der Waals surface area contributed by atoms with Gasteiger partial charge in [0, 0.05) is 11.6 Å². The van der Waals surface area contributed by atoms with Crippen LogP contribution in [0.2, 0.25) is 0 Å². The Bertz CT molecular complexity index is 515. The van der Waals surface area contributed by atoms with Crippen LogP contribution in [-0.2, 0) is 4.79 Å². The fourth-order valence-corrected chi connectivity index (χ4v) is 2.57. The van der Waals surface area contributed by atoms with Crippen molar-refractivity contribution in [2.75, 3.05) is 5.32 Å². The van der Waals surface area contributed by atoms with Crippen LogP contribution in [0.25, 0.3) is 0 Å². The highest BCUT2D eigenvalue weighted by Crippen LogP contribution is 2.33. The molecule has 19 heavy (non-hydrogen) atoms. The minimum atomic E-state index is -0.789. The fourth-order valence-electron chi connectivity index (χ4n) is 2.57. The largest absolute Gasteiger partial charge is 0.481 e. The summed E-state index contributed by atoms with van der Waals surface area (Å²) in [7, 11) is 0. The van der Waals surface area contributed by atoms with Crippen molar-refractivity contribution in [1.82, 2.24) is 0 Å². The molecule has 0 radical (unpaired) electrons. The maximum absolute atomic E-state index is 11.1. The van der Waals surface area contributed by atoms with Crippen molar-refractivity contribution in [1.29, 1.82) is 0 Å². The number of anilines is 1. The fraction of sp³-hybridized carbons (Fsp3) is 0.462. The number of hydrogen-bond acceptors (Lipinski definition) is 4. The summed E-state index contributed by atoms with van der Waals surface area (Å²) in [6.07, 6.45) is 1.86. The number of nitrogens with one attached hydrogen (secondary N) is 1. The van der Waals surface area contributed by atoms with Gasteiger partial charge in [0.2, 0.25) is 0 Å². The summed E-state index contributed by atoms with van der Waals surface area (Å²) in [6, 6.07) is 5.10. The second kappa shape index (κ2) is 5.26. The van der Waals surface area contributed by atoms with Gasteiger partial charge in [-0.2, -0.15) is 0 Å². The van der Waals surface area contributed by atoms with Gasteiger partial charge in [-0.25, -0.2) is 0 Å². The smallest absolute Gasteiger partial charge is 0.306 e. The van der Waals surface area contributed by atoms with Crippen LogP contribution in [0.1, 0.15) is 24.8 Å². The van der Waals surface area contributed by atoms with E-state index in [1.165, 1.54) is 0 Å². The zero-order valence-corrected chi connectivity index (χ0v) is 10.6. The maximum Gasteiger partial charge on any atom is 0.306 e. The Morgan fingerprint density at radius 2 is 2.21 bits per heavy atom. The molecule has 1 aromatic rings. The molecule has 2 N–H and O–H groups in total. The summed E-state index contributed by atoms with van der Waals surface area (Å²) < 4.78 is 0. The number of carboxylic acids is 1. The molecule has 2 rings (SSSR count). The second-order valence-corrected chi connectivity index (χ2v) is 4.92. The monoisotopic (exact) mass is 264 g/mol. The molecule has 2 unspecified atom stereocenters. The number of rotatable bonds is 4. The Labute approximate surface area is 110 Å². The lowest BCUT2D eigenvalue weighted by Crippen LogP contribution is -2.18. The Hall–Kier alpha value is -2.11. The third kappa shape index (κ3) is 2.83. The molecule has 6 heteroatoms. The number of carbonyl (C=O) groups is 1. The van der Waals surface area contributed by atoms with Crippen LogP contribution in [0.15, 0.2) is 18.2 Å². The van der Waals surface area contributed by atoms with Gasteiger partial charge in [0.15, 0.2) is 0 Å². The molecular weight excluding hydrogens is 248 g/mol. The first-order chi connectivity index (χ1) is 8.99. The molecule has 0 spiro atoms. The van der Waals surface area contributed by atoms with E-state index in [2.05, 4.69) is 5.32 Å². The molecule has 6 nitrogen and oxygen atoms in total. The molecule has 0 bridgehead atoms. The van der Waals surface area contributed by atoms with Gasteiger partial charge in [-0.15, -0.1) is 0 Å². The highest BCUT2D eigenvalue weighted by Gasteiger charge is 2.30. The summed E-state index contributed by atoms with van der Waals surface area (Å²) in [5.41, 5.74) is 1.14. The molecule has 1 saturated carbocycles. The normalized spacial score (nSPS) is 22.2. The van der Waals surface area contributed by atoms with E-state index < -0.39 is 10.9 Å². The van der Waals surface area contributed by atoms with Crippen LogP contribution in [0.5, 0.6) is 0 Å². The summed E-state index contributed by atoms with van der Waals surface area (Å²) in [6.45, 7) is 1.69. The number of carboxylic acid groups (broad SMARTS) is 1. The minimum Gasteiger partial charge on any atom is -0.481 e. The first kappa shape index (κ1) is 13.3. The number of benzene rings is 1. The Morgan fingerprint density at radius 3 is 2.79 bits per heavy atom. The number of nitro groups is 1. The molecule has 1 aromatic carbocycles. The van der Waals surface area contributed by atoms with Crippen molar-refractivity contribution in [3.63, 3.8) is 0 Å². The van der Waals surface area contributed by atoms with Crippen molar-refractivity contribution in [2.45, 2.75) is 32.2 Å². The predicted octanol–water partition coefficient (Wildman–Crippen LogP) is 2.57. The molecule has 1 aliphatic rings.